The van der Waals surface area contributed by atoms with Crippen LogP contribution in [0.15, 0.2) is 11.6 Å². The first kappa shape index (κ1) is 8.08. The van der Waals surface area contributed by atoms with Crippen molar-refractivity contribution in [2.24, 2.45) is 0 Å². The summed E-state index contributed by atoms with van der Waals surface area (Å²) < 4.78 is 1.16. The standard InChI is InChI=1S/C5H4N4O3S/c10-3-4(11)8(5(12)7-3)9-6-1-2-13-9/h1-2,6H,(H,7,10,12). The second kappa shape index (κ2) is 2.75. The van der Waals surface area contributed by atoms with Gasteiger partial charge in [-0.2, -0.15) is 5.01 Å². The van der Waals surface area contributed by atoms with Crippen molar-refractivity contribution in [2.45, 2.75) is 0 Å². The molecule has 2 aliphatic heterocycles. The molecule has 0 aromatic rings. The minimum Gasteiger partial charge on any atom is -0.297 e. The van der Waals surface area contributed by atoms with Crippen LogP contribution in [0.5, 0.6) is 0 Å². The maximum absolute atomic E-state index is 11.1. The molecule has 2 rings (SSSR count). The smallest absolute Gasteiger partial charge is 0.297 e. The van der Waals surface area contributed by atoms with E-state index in [1.54, 1.807) is 5.41 Å². The zero-order valence-corrected chi connectivity index (χ0v) is 7.00. The largest absolute Gasteiger partial charge is 0.348 e. The van der Waals surface area contributed by atoms with Gasteiger partial charge < -0.3 is 0 Å². The van der Waals surface area contributed by atoms with Crippen molar-refractivity contribution < 1.29 is 14.4 Å². The Morgan fingerprint density at radius 2 is 2.08 bits per heavy atom. The first-order chi connectivity index (χ1) is 6.20. The molecule has 13 heavy (non-hydrogen) atoms. The number of hydrogen-bond acceptors (Lipinski definition) is 6. The average Bonchev–Trinajstić information content (AvgIpc) is 2.63. The summed E-state index contributed by atoms with van der Waals surface area (Å²) in [4.78, 5) is 32.8. The van der Waals surface area contributed by atoms with Gasteiger partial charge in [-0.1, -0.05) is 4.52 Å². The lowest BCUT2D eigenvalue weighted by molar-refractivity contribution is -0.144. The van der Waals surface area contributed by atoms with Crippen LogP contribution in [-0.2, 0) is 9.59 Å². The van der Waals surface area contributed by atoms with E-state index < -0.39 is 17.8 Å². The highest BCUT2D eigenvalue weighted by atomic mass is 32.2. The molecule has 2 N–H and O–H groups in total. The molecule has 68 valence electrons. The molecule has 1 fully saturated rings. The minimum absolute atomic E-state index is 0.688. The average molecular weight is 200 g/mol. The summed E-state index contributed by atoms with van der Waals surface area (Å²) in [5.74, 6) is -1.81. The van der Waals surface area contributed by atoms with Crippen molar-refractivity contribution in [3.05, 3.63) is 11.6 Å². The summed E-state index contributed by atoms with van der Waals surface area (Å²) in [6.07, 6.45) is 1.54. The number of hydrogen-bond donors (Lipinski definition) is 2. The summed E-state index contributed by atoms with van der Waals surface area (Å²) in [7, 11) is 0. The summed E-state index contributed by atoms with van der Waals surface area (Å²) in [5, 5.41) is 4.19. The third kappa shape index (κ3) is 1.15. The van der Waals surface area contributed by atoms with Crippen molar-refractivity contribution in [1.82, 2.24) is 20.3 Å². The Hall–Kier alpha value is -1.54. The van der Waals surface area contributed by atoms with Crippen LogP contribution in [0.3, 0.4) is 0 Å². The van der Waals surface area contributed by atoms with Gasteiger partial charge in [0.1, 0.15) is 0 Å². The molecule has 0 saturated carbocycles. The summed E-state index contributed by atoms with van der Waals surface area (Å²) in [6, 6.07) is -0.751. The normalized spacial score (nSPS) is 22.5. The highest BCUT2D eigenvalue weighted by Crippen LogP contribution is 2.18. The summed E-state index contributed by atoms with van der Waals surface area (Å²) >= 11 is 1.08. The number of nitrogens with one attached hydrogen (secondary N) is 2. The van der Waals surface area contributed by atoms with Crippen LogP contribution in [0.4, 0.5) is 4.79 Å². The fourth-order valence-corrected chi connectivity index (χ4v) is 1.48. The number of urea groups is 1. The predicted molar refractivity (Wildman–Crippen MR) is 42.1 cm³/mol. The quantitative estimate of drug-likeness (QED) is 0.318. The van der Waals surface area contributed by atoms with Gasteiger partial charge in [-0.25, -0.2) is 4.79 Å². The van der Waals surface area contributed by atoms with Crippen LogP contribution in [0.2, 0.25) is 0 Å². The number of hydrazine groups is 2. The zero-order valence-electron chi connectivity index (χ0n) is 6.18. The van der Waals surface area contributed by atoms with E-state index in [2.05, 4.69) is 5.43 Å². The van der Waals surface area contributed by atoms with Crippen molar-refractivity contribution in [3.63, 3.8) is 0 Å². The molecule has 0 spiro atoms. The molecule has 4 amide bonds. The first-order valence-electron chi connectivity index (χ1n) is 3.27. The van der Waals surface area contributed by atoms with E-state index in [9.17, 15) is 14.4 Å². The number of carbonyl (C=O) groups excluding carboxylic acids is 3. The highest BCUT2D eigenvalue weighted by Gasteiger charge is 2.42. The van der Waals surface area contributed by atoms with Crippen LogP contribution in [0.25, 0.3) is 0 Å². The Kier molecular flexibility index (Phi) is 1.71. The van der Waals surface area contributed by atoms with Crippen LogP contribution >= 0.6 is 11.9 Å². The zero-order chi connectivity index (χ0) is 9.42. The molecule has 0 unspecified atom stereocenters. The van der Waals surface area contributed by atoms with E-state index in [-0.39, 0.29) is 0 Å². The topological polar surface area (TPSA) is 81.8 Å². The predicted octanol–water partition coefficient (Wildman–Crippen LogP) is -1.08. The van der Waals surface area contributed by atoms with E-state index >= 15 is 0 Å². The Bertz CT molecular complexity index is 320. The number of carbonyl (C=O) groups is 3. The lowest BCUT2D eigenvalue weighted by Gasteiger charge is -2.20. The third-order valence-corrected chi connectivity index (χ3v) is 2.12. The summed E-state index contributed by atoms with van der Waals surface area (Å²) in [5.41, 5.74) is 2.59. The molecule has 8 heteroatoms. The first-order valence-corrected chi connectivity index (χ1v) is 4.11. The van der Waals surface area contributed by atoms with Gasteiger partial charge >= 0.3 is 17.8 Å². The van der Waals surface area contributed by atoms with Crippen LogP contribution < -0.4 is 10.7 Å². The Morgan fingerprint density at radius 3 is 2.54 bits per heavy atom. The molecule has 1 saturated heterocycles. The van der Waals surface area contributed by atoms with Crippen LogP contribution in [-0.4, -0.2) is 27.4 Å². The molecule has 2 aliphatic rings. The number of rotatable bonds is 1. The number of nitrogens with zero attached hydrogens (tertiary/aromatic N) is 2. The van der Waals surface area contributed by atoms with Gasteiger partial charge in [-0.15, -0.1) is 0 Å². The SMILES string of the molecule is O=C1NC(=O)N(N2NC=CS2)C1=O. The molecule has 0 aromatic carbocycles. The number of imide groups is 2. The van der Waals surface area contributed by atoms with Crippen molar-refractivity contribution in [2.75, 3.05) is 0 Å². The molecule has 7 nitrogen and oxygen atoms in total. The molecular weight excluding hydrogens is 196 g/mol. The summed E-state index contributed by atoms with van der Waals surface area (Å²) in [6.45, 7) is 0. The van der Waals surface area contributed by atoms with Crippen LogP contribution in [0.1, 0.15) is 0 Å². The number of amides is 4. The van der Waals surface area contributed by atoms with E-state index in [0.29, 0.717) is 5.01 Å². The Labute approximate surface area is 76.8 Å². The van der Waals surface area contributed by atoms with E-state index in [4.69, 9.17) is 0 Å². The maximum atomic E-state index is 11.1. The van der Waals surface area contributed by atoms with Gasteiger partial charge in [0.05, 0.1) is 0 Å². The Balaban J connectivity index is 2.18. The Morgan fingerprint density at radius 1 is 1.31 bits per heavy atom. The molecule has 0 atom stereocenters. The van der Waals surface area contributed by atoms with Gasteiger partial charge in [0.25, 0.3) is 0 Å². The second-order valence-electron chi connectivity index (χ2n) is 2.19. The van der Waals surface area contributed by atoms with Crippen LogP contribution in [0, 0.1) is 0 Å². The molecule has 0 bridgehead atoms. The van der Waals surface area contributed by atoms with Gasteiger partial charge in [0, 0.05) is 11.6 Å². The lowest BCUT2D eigenvalue weighted by Crippen LogP contribution is -2.46. The maximum Gasteiger partial charge on any atom is 0.348 e. The molecule has 0 aliphatic carbocycles. The van der Waals surface area contributed by atoms with Gasteiger partial charge in [-0.05, 0) is 11.9 Å². The highest BCUT2D eigenvalue weighted by molar-refractivity contribution is 8.00. The van der Waals surface area contributed by atoms with E-state index in [1.165, 1.54) is 6.20 Å². The third-order valence-electron chi connectivity index (χ3n) is 1.39. The lowest BCUT2D eigenvalue weighted by atomic mass is 10.6. The van der Waals surface area contributed by atoms with E-state index in [1.807, 2.05) is 5.32 Å². The van der Waals surface area contributed by atoms with Gasteiger partial charge in [0.2, 0.25) is 0 Å². The van der Waals surface area contributed by atoms with Gasteiger partial charge in [0.15, 0.2) is 0 Å². The van der Waals surface area contributed by atoms with Crippen molar-refractivity contribution >= 4 is 29.8 Å². The van der Waals surface area contributed by atoms with Gasteiger partial charge in [-0.3, -0.25) is 20.3 Å². The molecular formula is C5H4N4O3S. The fourth-order valence-electron chi connectivity index (χ4n) is 0.875. The monoisotopic (exact) mass is 200 g/mol. The fraction of sp³-hybridized carbons (Fsp3) is 0. The van der Waals surface area contributed by atoms with Crippen molar-refractivity contribution in [1.29, 1.82) is 0 Å². The van der Waals surface area contributed by atoms with Crippen molar-refractivity contribution in [3.8, 4) is 0 Å². The molecule has 2 heterocycles. The molecule has 0 radical (unpaired) electrons. The second-order valence-corrected chi connectivity index (χ2v) is 3.02. The molecule has 0 aromatic heterocycles. The van der Waals surface area contributed by atoms with E-state index in [0.717, 1.165) is 16.5 Å². The minimum atomic E-state index is -0.917.